The van der Waals surface area contributed by atoms with E-state index in [1.165, 1.54) is 12.5 Å². The molecule has 23 heavy (non-hydrogen) atoms. The monoisotopic (exact) mass is 315 g/mol. The van der Waals surface area contributed by atoms with Crippen LogP contribution in [0.25, 0.3) is 10.9 Å². The number of benzene rings is 1. The molecule has 1 unspecified atom stereocenters. The molecule has 4 rings (SSSR count). The van der Waals surface area contributed by atoms with Gasteiger partial charge in [-0.05, 0) is 55.4 Å². The van der Waals surface area contributed by atoms with Crippen molar-refractivity contribution in [2.75, 3.05) is 26.2 Å². The van der Waals surface area contributed by atoms with Crippen molar-refractivity contribution < 1.29 is 4.39 Å². The number of nitrogens with two attached hydrogens (primary N) is 1. The van der Waals surface area contributed by atoms with Crippen molar-refractivity contribution in [1.82, 2.24) is 9.47 Å². The van der Waals surface area contributed by atoms with E-state index in [0.717, 1.165) is 49.1 Å². The zero-order valence-corrected chi connectivity index (χ0v) is 13.2. The maximum atomic E-state index is 14.5. The Morgan fingerprint density at radius 2 is 2.04 bits per heavy atom. The van der Waals surface area contributed by atoms with Gasteiger partial charge in [-0.25, -0.2) is 4.39 Å². The Balaban J connectivity index is 1.63. The second-order valence-corrected chi connectivity index (χ2v) is 6.87. The number of hydrogen-bond acceptors (Lipinski definition) is 3. The van der Waals surface area contributed by atoms with E-state index in [2.05, 4.69) is 4.90 Å². The van der Waals surface area contributed by atoms with Crippen molar-refractivity contribution in [3.63, 3.8) is 0 Å². The molecule has 0 saturated carbocycles. The van der Waals surface area contributed by atoms with E-state index in [4.69, 9.17) is 5.73 Å². The summed E-state index contributed by atoms with van der Waals surface area (Å²) in [5, 5.41) is 0.950. The van der Waals surface area contributed by atoms with Crippen LogP contribution in [0.3, 0.4) is 0 Å². The first-order chi connectivity index (χ1) is 11.2. The molecular formula is C18H22FN3O. The molecule has 0 radical (unpaired) electrons. The van der Waals surface area contributed by atoms with Crippen LogP contribution in [-0.4, -0.2) is 35.6 Å². The van der Waals surface area contributed by atoms with Crippen LogP contribution in [0.15, 0.2) is 29.1 Å². The van der Waals surface area contributed by atoms with Crippen molar-refractivity contribution in [1.29, 1.82) is 0 Å². The Hall–Kier alpha value is -1.72. The quantitative estimate of drug-likeness (QED) is 0.938. The topological polar surface area (TPSA) is 51.3 Å². The number of aromatic nitrogens is 1. The van der Waals surface area contributed by atoms with E-state index in [0.29, 0.717) is 12.5 Å². The molecule has 0 amide bonds. The summed E-state index contributed by atoms with van der Waals surface area (Å²) in [6.07, 6.45) is 2.23. The van der Waals surface area contributed by atoms with E-state index < -0.39 is 0 Å². The highest BCUT2D eigenvalue weighted by molar-refractivity contribution is 5.84. The molecule has 0 aliphatic carbocycles. The van der Waals surface area contributed by atoms with Crippen LogP contribution in [0.4, 0.5) is 4.39 Å². The van der Waals surface area contributed by atoms with Gasteiger partial charge in [0.1, 0.15) is 5.82 Å². The molecule has 1 aromatic carbocycles. The fraction of sp³-hybridized carbons (Fsp3) is 0.500. The normalized spacial score (nSPS) is 23.9. The van der Waals surface area contributed by atoms with Crippen LogP contribution in [0.5, 0.6) is 0 Å². The molecule has 2 atom stereocenters. The van der Waals surface area contributed by atoms with Gasteiger partial charge in [-0.3, -0.25) is 4.79 Å². The summed E-state index contributed by atoms with van der Waals surface area (Å²) in [5.41, 5.74) is 7.14. The van der Waals surface area contributed by atoms with Crippen LogP contribution in [0, 0.1) is 11.7 Å². The van der Waals surface area contributed by atoms with E-state index in [9.17, 15) is 9.18 Å². The number of nitrogens with zero attached hydrogens (tertiary/aromatic N) is 2. The summed E-state index contributed by atoms with van der Waals surface area (Å²) in [7, 11) is 0. The van der Waals surface area contributed by atoms with Crippen LogP contribution >= 0.6 is 0 Å². The number of hydrogen-bond donors (Lipinski definition) is 1. The minimum absolute atomic E-state index is 0.0331. The van der Waals surface area contributed by atoms with Crippen LogP contribution in [0.1, 0.15) is 24.3 Å². The van der Waals surface area contributed by atoms with Gasteiger partial charge in [0.2, 0.25) is 0 Å². The van der Waals surface area contributed by atoms with Gasteiger partial charge in [0.15, 0.2) is 0 Å². The minimum atomic E-state index is -0.183. The second kappa shape index (κ2) is 5.73. The number of halogens is 1. The first-order valence-corrected chi connectivity index (χ1v) is 8.41. The first-order valence-electron chi connectivity index (χ1n) is 8.41. The van der Waals surface area contributed by atoms with Crippen molar-refractivity contribution in [2.24, 2.45) is 11.7 Å². The van der Waals surface area contributed by atoms with Gasteiger partial charge in [-0.2, -0.15) is 0 Å². The summed E-state index contributed by atoms with van der Waals surface area (Å²) in [6.45, 7) is 4.22. The average Bonchev–Trinajstić information content (AvgIpc) is 3.13. The molecule has 0 spiro atoms. The molecular weight excluding hydrogens is 293 g/mol. The molecule has 2 aromatic rings. The molecule has 5 heteroatoms. The lowest BCUT2D eigenvalue weighted by molar-refractivity contribution is 0.291. The van der Waals surface area contributed by atoms with Gasteiger partial charge in [0.25, 0.3) is 5.56 Å². The maximum absolute atomic E-state index is 14.5. The average molecular weight is 315 g/mol. The molecule has 2 N–H and O–H groups in total. The lowest BCUT2D eigenvalue weighted by atomic mass is 9.98. The third-order valence-corrected chi connectivity index (χ3v) is 5.37. The van der Waals surface area contributed by atoms with Gasteiger partial charge in [-0.15, -0.1) is 0 Å². The van der Waals surface area contributed by atoms with E-state index in [1.807, 2.05) is 0 Å². The van der Waals surface area contributed by atoms with E-state index in [1.54, 1.807) is 22.8 Å². The second-order valence-electron chi connectivity index (χ2n) is 6.87. The Labute approximate surface area is 134 Å². The lowest BCUT2D eigenvalue weighted by Gasteiger charge is -2.21. The summed E-state index contributed by atoms with van der Waals surface area (Å²) in [4.78, 5) is 14.5. The van der Waals surface area contributed by atoms with Crippen LogP contribution < -0.4 is 11.3 Å². The standard InChI is InChI=1S/C18H22FN3O/c19-15-3-1-13-2-4-16(23)22-11-14(17(15)18(13)22)10-21-8-6-12(9-21)5-7-20/h1-4,12,14H,5-11,20H2/t12-,14?/m1/s1. The zero-order chi connectivity index (χ0) is 16.0. The highest BCUT2D eigenvalue weighted by Gasteiger charge is 2.32. The molecule has 2 aliphatic heterocycles. The van der Waals surface area contributed by atoms with Crippen molar-refractivity contribution in [3.05, 3.63) is 46.0 Å². The Morgan fingerprint density at radius 1 is 1.22 bits per heavy atom. The molecule has 2 aliphatic rings. The predicted octanol–water partition coefficient (Wildman–Crippen LogP) is 1.91. The van der Waals surface area contributed by atoms with Gasteiger partial charge in [0, 0.05) is 37.2 Å². The summed E-state index contributed by atoms with van der Waals surface area (Å²) in [5.74, 6) is 0.537. The molecule has 122 valence electrons. The summed E-state index contributed by atoms with van der Waals surface area (Å²) in [6, 6.07) is 6.68. The minimum Gasteiger partial charge on any atom is -0.330 e. The number of rotatable bonds is 4. The molecule has 4 nitrogen and oxygen atoms in total. The predicted molar refractivity (Wildman–Crippen MR) is 89.1 cm³/mol. The number of likely N-dealkylation sites (tertiary alicyclic amines) is 1. The molecule has 3 heterocycles. The Kier molecular flexibility index (Phi) is 3.70. The highest BCUT2D eigenvalue weighted by atomic mass is 19.1. The Bertz CT molecular complexity index is 801. The molecule has 1 saturated heterocycles. The van der Waals surface area contributed by atoms with Crippen molar-refractivity contribution in [2.45, 2.75) is 25.3 Å². The lowest BCUT2D eigenvalue weighted by Crippen LogP contribution is -2.28. The van der Waals surface area contributed by atoms with Crippen molar-refractivity contribution >= 4 is 10.9 Å². The highest BCUT2D eigenvalue weighted by Crippen LogP contribution is 2.36. The van der Waals surface area contributed by atoms with Crippen LogP contribution in [-0.2, 0) is 6.54 Å². The van der Waals surface area contributed by atoms with Crippen molar-refractivity contribution in [3.8, 4) is 0 Å². The Morgan fingerprint density at radius 3 is 2.87 bits per heavy atom. The molecule has 1 aromatic heterocycles. The van der Waals surface area contributed by atoms with Gasteiger partial charge < -0.3 is 15.2 Å². The van der Waals surface area contributed by atoms with Gasteiger partial charge in [0.05, 0.1) is 5.52 Å². The van der Waals surface area contributed by atoms with Crippen LogP contribution in [0.2, 0.25) is 0 Å². The third-order valence-electron chi connectivity index (χ3n) is 5.37. The zero-order valence-electron chi connectivity index (χ0n) is 13.2. The fourth-order valence-corrected chi connectivity index (χ4v) is 4.29. The molecule has 0 bridgehead atoms. The third kappa shape index (κ3) is 2.48. The largest absolute Gasteiger partial charge is 0.330 e. The first kappa shape index (κ1) is 14.8. The SMILES string of the molecule is NCC[C@@H]1CCN(CC2Cn3c(=O)ccc4ccc(F)c2c43)C1. The van der Waals surface area contributed by atoms with E-state index >= 15 is 0 Å². The summed E-state index contributed by atoms with van der Waals surface area (Å²) < 4.78 is 16.2. The smallest absolute Gasteiger partial charge is 0.251 e. The fourth-order valence-electron chi connectivity index (χ4n) is 4.29. The van der Waals surface area contributed by atoms with Gasteiger partial charge in [-0.1, -0.05) is 0 Å². The molecule has 1 fully saturated rings. The van der Waals surface area contributed by atoms with Gasteiger partial charge >= 0.3 is 0 Å². The van der Waals surface area contributed by atoms with E-state index in [-0.39, 0.29) is 17.3 Å². The number of pyridine rings is 1. The maximum Gasteiger partial charge on any atom is 0.251 e. The summed E-state index contributed by atoms with van der Waals surface area (Å²) >= 11 is 0.